The fourth-order valence-corrected chi connectivity index (χ4v) is 14.0. The second kappa shape index (κ2) is 37.1. The number of aromatic nitrogens is 3. The number of anilines is 1. The van der Waals surface area contributed by atoms with Gasteiger partial charge in [-0.2, -0.15) is 5.10 Å². The lowest BCUT2D eigenvalue weighted by Crippen LogP contribution is -2.64. The van der Waals surface area contributed by atoms with Crippen molar-refractivity contribution in [2.45, 2.75) is 144 Å². The number of amides is 7. The van der Waals surface area contributed by atoms with Crippen LogP contribution in [0.15, 0.2) is 72.9 Å². The number of benzene rings is 3. The molecule has 2 aromatic heterocycles. The van der Waals surface area contributed by atoms with E-state index in [1.807, 2.05) is 0 Å². The number of hydrogen-bond donors (Lipinski definition) is 16. The van der Waals surface area contributed by atoms with E-state index in [1.165, 1.54) is 61.8 Å². The third-order valence-electron chi connectivity index (χ3n) is 18.6. The van der Waals surface area contributed by atoms with Crippen LogP contribution in [-0.2, 0) is 49.3 Å². The van der Waals surface area contributed by atoms with Crippen LogP contribution in [0.2, 0.25) is 0 Å². The summed E-state index contributed by atoms with van der Waals surface area (Å²) in [4.78, 5) is 115. The quantitative estimate of drug-likeness (QED) is 0.0115. The number of fused-ring (bicyclic) bond motifs is 3. The summed E-state index contributed by atoms with van der Waals surface area (Å²) in [6.07, 6.45) is -6.28. The highest BCUT2D eigenvalue weighted by Gasteiger charge is 2.50. The Balaban J connectivity index is 0.946. The van der Waals surface area contributed by atoms with E-state index >= 15 is 4.79 Å². The number of nitrogens with zero attached hydrogens (tertiary/aromatic N) is 7. The number of hydrogen-bond acceptors (Lipinski definition) is 28. The molecule has 0 spiro atoms. The molecule has 5 aromatic rings. The molecular weight excluding hydrogens is 1370 g/mol. The van der Waals surface area contributed by atoms with E-state index in [0.717, 1.165) is 84.8 Å². The largest absolute Gasteiger partial charge is 0.504 e. The summed E-state index contributed by atoms with van der Waals surface area (Å²) in [7, 11) is 1.73. The number of nitrogens with one attached hydrogen (secondary N) is 6. The average Bonchev–Trinajstić information content (AvgIpc) is 1.64. The number of piperazine rings is 1. The van der Waals surface area contributed by atoms with Crippen molar-refractivity contribution in [2.24, 2.45) is 5.92 Å². The summed E-state index contributed by atoms with van der Waals surface area (Å²) in [5.74, 6) is -9.62. The number of ether oxygens (including phenoxy) is 1. The number of phenols is 1. The van der Waals surface area contributed by atoms with Crippen LogP contribution in [-0.4, -0.2) is 287 Å². The molecule has 9 rings (SSSR count). The highest BCUT2D eigenvalue weighted by Crippen LogP contribution is 2.33. The van der Waals surface area contributed by atoms with Crippen LogP contribution in [0.25, 0.3) is 26.8 Å². The number of aromatic hydroxyl groups is 1. The van der Waals surface area contributed by atoms with E-state index in [-0.39, 0.29) is 42.3 Å². The molecule has 3 aromatic carbocycles. The number of aliphatic hydroxyl groups is 8. The van der Waals surface area contributed by atoms with Crippen LogP contribution in [0.1, 0.15) is 74.7 Å². The lowest BCUT2D eigenvalue weighted by molar-refractivity contribution is -0.433. The molecule has 4 aliphatic rings. The Kier molecular flexibility index (Phi) is 28.5. The number of carbonyl (C=O) groups is 7. The molecule has 16 N–H and O–H groups in total. The first-order valence-corrected chi connectivity index (χ1v) is 35.3. The summed E-state index contributed by atoms with van der Waals surface area (Å²) in [5.41, 5.74) is 3.32. The smallest absolute Gasteiger partial charge is 0.261 e. The fraction of sp³-hybridized carbons (Fsp3) is 0.561. The molecule has 0 radical (unpaired) electrons. The first-order valence-electron chi connectivity index (χ1n) is 33.8. The molecule has 36 heteroatoms. The van der Waals surface area contributed by atoms with Crippen molar-refractivity contribution in [3.63, 3.8) is 0 Å². The van der Waals surface area contributed by atoms with Gasteiger partial charge in [0.2, 0.25) is 40.4 Å². The highest BCUT2D eigenvalue weighted by atomic mass is 32.2. The Hall–Kier alpha value is -7.76. The van der Waals surface area contributed by atoms with Crippen molar-refractivity contribution >= 4 is 75.7 Å². The van der Waals surface area contributed by atoms with Gasteiger partial charge in [0.25, 0.3) is 18.2 Å². The molecule has 13 atom stereocenters. The Labute approximate surface area is 595 Å². The first-order chi connectivity index (χ1) is 49.0. The van der Waals surface area contributed by atoms with E-state index in [1.54, 1.807) is 30.0 Å². The van der Waals surface area contributed by atoms with Gasteiger partial charge in [0.15, 0.2) is 11.5 Å². The Morgan fingerprint density at radius 1 is 0.775 bits per heavy atom. The lowest BCUT2D eigenvalue weighted by atomic mass is 9.98. The topological polar surface area (TPSA) is 474 Å². The zero-order valence-corrected chi connectivity index (χ0v) is 58.2. The second-order valence-corrected chi connectivity index (χ2v) is 27.4. The van der Waals surface area contributed by atoms with Crippen LogP contribution < -0.4 is 41.0 Å². The van der Waals surface area contributed by atoms with Gasteiger partial charge in [0.1, 0.15) is 41.3 Å². The SMILES string of the molecule is COCCCCCCN1CCN(c2ccc(-c3nn4cc(-c5ccc(C(=O)NC6C[C@@H](O)CNC(=O)[C@@H]7[C@@H](O)[C@@H](C)CN7C(=O)[C@H]([C@H](O)CCNC(CO)CO)NC(=O)[C@H]([C@H](O)Cc7ccc(O)c(OSOOO)c7)NC(=O)[C@@H]7C[C@@H](O)CN7C(=O)[C@H]([C@@H](C)O)NC6=O)cc5)nc4s3)cc2)CC1. The summed E-state index contributed by atoms with van der Waals surface area (Å²) >= 11 is 1.46. The zero-order valence-electron chi connectivity index (χ0n) is 56.6. The standard InChI is InChI=1S/C66H91N13O21S2/c1-36-31-78-56(57(36)88)62(93)68-30-44(83)28-46(69-58(89)40-11-9-39(10-12-40)47-33-79-66(70-47)101-63(74-79)41-13-15-43(16-14-41)76-23-21-75(22-24-76)20-6-4-5-7-25-97-3)59(90)71-53(37(2)82)64(94)77-32-45(84)29-48(77)60(91)72-54(51(87)26-38-8-17-49(85)52(27-38)98-102-100-99-96)61(92)73-55(65(78)95)50(86)18-19-67-42(34-80)35-81/h8-17,27,33,36-37,42,44-46,48,50-51,53-57,67,80-88,96H,4-7,18-26,28-32,34-35H2,1-3H3,(H,68,93)(H,69,89)(H,71,90)(H,72,91)(H,73,92)/t36-,37+,44+,45+,46?,48-,50+,51+,53-,54-,55-,56-,57-/m0/s1. The maximum atomic E-state index is 15.0. The average molecular weight is 1470 g/mol. The lowest BCUT2D eigenvalue weighted by Gasteiger charge is -2.36. The molecule has 4 saturated heterocycles. The Morgan fingerprint density at radius 3 is 2.15 bits per heavy atom. The first kappa shape index (κ1) is 78.4. The van der Waals surface area contributed by atoms with Crippen LogP contribution in [0, 0.1) is 5.92 Å². The Bertz CT molecular complexity index is 3590. The highest BCUT2D eigenvalue weighted by molar-refractivity contribution is 7.90. The molecule has 102 heavy (non-hydrogen) atoms. The minimum absolute atomic E-state index is 0.0152. The summed E-state index contributed by atoms with van der Waals surface area (Å²) in [5, 5.41) is 132. The maximum Gasteiger partial charge on any atom is 0.261 e. The van der Waals surface area contributed by atoms with E-state index < -0.39 is 184 Å². The molecule has 7 amide bonds. The fourth-order valence-electron chi connectivity index (χ4n) is 12.9. The van der Waals surface area contributed by atoms with Gasteiger partial charge in [-0.05, 0) is 93.4 Å². The summed E-state index contributed by atoms with van der Waals surface area (Å²) in [6.45, 7) is 5.48. The van der Waals surface area contributed by atoms with Gasteiger partial charge >= 0.3 is 0 Å². The number of imidazole rings is 1. The molecule has 4 fully saturated rings. The number of aliphatic hydroxyl groups excluding tert-OH is 8. The summed E-state index contributed by atoms with van der Waals surface area (Å²) < 4.78 is 16.2. The molecule has 0 bridgehead atoms. The van der Waals surface area contributed by atoms with Crippen molar-refractivity contribution in [1.29, 1.82) is 0 Å². The number of phenolic OH excluding ortho intramolecular Hbond substituents is 1. The van der Waals surface area contributed by atoms with Gasteiger partial charge in [-0.25, -0.2) is 14.8 Å². The van der Waals surface area contributed by atoms with Crippen LogP contribution in [0.4, 0.5) is 5.69 Å². The van der Waals surface area contributed by atoms with Crippen LogP contribution in [0.3, 0.4) is 0 Å². The number of rotatable bonds is 27. The minimum Gasteiger partial charge on any atom is -0.504 e. The van der Waals surface area contributed by atoms with Crippen molar-refractivity contribution < 1.29 is 103 Å². The molecular formula is C66H91N13O21S2. The number of carbonyl (C=O) groups excluding carboxylic acids is 7. The van der Waals surface area contributed by atoms with Gasteiger partial charge < -0.3 is 101 Å². The minimum atomic E-state index is -2.16. The van der Waals surface area contributed by atoms with Gasteiger partial charge in [-0.15, -0.1) is 0 Å². The molecule has 0 aliphatic carbocycles. The van der Waals surface area contributed by atoms with E-state index in [2.05, 4.69) is 75.3 Å². The molecule has 6 heterocycles. The van der Waals surface area contributed by atoms with E-state index in [9.17, 15) is 74.7 Å². The van der Waals surface area contributed by atoms with Gasteiger partial charge in [0, 0.05) is 107 Å². The number of methoxy groups -OCH3 is 1. The molecule has 34 nitrogen and oxygen atoms in total. The van der Waals surface area contributed by atoms with Crippen LogP contribution in [0.5, 0.6) is 11.5 Å². The predicted octanol–water partition coefficient (Wildman–Crippen LogP) is -2.20. The van der Waals surface area contributed by atoms with Crippen LogP contribution >= 0.6 is 23.7 Å². The third-order valence-corrected chi connectivity index (χ3v) is 20.0. The van der Waals surface area contributed by atoms with Gasteiger partial charge in [-0.1, -0.05) is 58.7 Å². The van der Waals surface area contributed by atoms with E-state index in [4.69, 9.17) is 24.3 Å². The number of β-amino-alcohol motifs (C(OH)–C–C–N with tert-alkyl or cyclic N) is 1. The second-order valence-electron chi connectivity index (χ2n) is 26.0. The molecule has 4 aliphatic heterocycles. The van der Waals surface area contributed by atoms with Crippen molar-refractivity contribution in [2.75, 3.05) is 90.7 Å². The number of unbranched alkanes of at least 4 members (excludes halogenated alkanes) is 3. The maximum absolute atomic E-state index is 15.0. The normalized spacial score (nSPS) is 24.7. The van der Waals surface area contributed by atoms with Gasteiger partial charge in [-0.3, -0.25) is 38.5 Å². The summed E-state index contributed by atoms with van der Waals surface area (Å²) in [6, 6.07) is 5.69. The van der Waals surface area contributed by atoms with Gasteiger partial charge in [0.05, 0.1) is 67.8 Å². The van der Waals surface area contributed by atoms with Crippen molar-refractivity contribution in [1.82, 2.24) is 61.2 Å². The van der Waals surface area contributed by atoms with Crippen molar-refractivity contribution in [3.8, 4) is 33.3 Å². The predicted molar refractivity (Wildman–Crippen MR) is 367 cm³/mol. The molecule has 1 unspecified atom stereocenters. The van der Waals surface area contributed by atoms with E-state index in [0.29, 0.717) is 16.2 Å². The van der Waals surface area contributed by atoms with Crippen molar-refractivity contribution in [3.05, 3.63) is 84.1 Å². The molecule has 0 saturated carbocycles. The zero-order chi connectivity index (χ0) is 73.3. The third kappa shape index (κ3) is 20.1. The molecule has 558 valence electrons. The monoisotopic (exact) mass is 1470 g/mol. The Morgan fingerprint density at radius 2 is 1.46 bits per heavy atom.